The molecule has 20 heavy (non-hydrogen) atoms. The van der Waals surface area contributed by atoms with Crippen molar-refractivity contribution in [2.24, 2.45) is 0 Å². The van der Waals surface area contributed by atoms with Crippen LogP contribution in [0, 0.1) is 0 Å². The summed E-state index contributed by atoms with van der Waals surface area (Å²) in [6.45, 7) is 1.31. The quantitative estimate of drug-likeness (QED) is 0.681. The first-order valence-electron chi connectivity index (χ1n) is 6.26. The molecule has 0 bridgehead atoms. The Labute approximate surface area is 119 Å². The van der Waals surface area contributed by atoms with Crippen molar-refractivity contribution in [3.63, 3.8) is 0 Å². The van der Waals surface area contributed by atoms with Gasteiger partial charge in [-0.15, -0.1) is 0 Å². The molecule has 0 saturated heterocycles. The van der Waals surface area contributed by atoms with Crippen LogP contribution in [0.5, 0.6) is 0 Å². The van der Waals surface area contributed by atoms with Crippen molar-refractivity contribution in [2.45, 2.75) is 38.0 Å². The van der Waals surface area contributed by atoms with E-state index in [-0.39, 0.29) is 17.3 Å². The molecule has 0 fully saturated rings. The lowest BCUT2D eigenvalue weighted by Crippen LogP contribution is -2.37. The Hall–Kier alpha value is -1.04. The van der Waals surface area contributed by atoms with Crippen LogP contribution in [0.4, 0.5) is 17.6 Å². The second kappa shape index (κ2) is 7.67. The number of rotatable bonds is 7. The molecule has 0 saturated carbocycles. The topological polar surface area (TPSA) is 17.1 Å². The largest absolute Gasteiger partial charge is 0.282 e. The maximum atomic E-state index is 13.4. The van der Waals surface area contributed by atoms with Crippen molar-refractivity contribution in [3.8, 4) is 0 Å². The molecule has 1 rings (SSSR count). The third-order valence-electron chi connectivity index (χ3n) is 2.79. The van der Waals surface area contributed by atoms with Crippen LogP contribution < -0.4 is 0 Å². The van der Waals surface area contributed by atoms with Crippen LogP contribution in [0.25, 0.3) is 0 Å². The molecule has 0 aliphatic heterocycles. The summed E-state index contributed by atoms with van der Waals surface area (Å²) >= 11 is 0.685. The molecule has 0 N–H and O–H groups in total. The maximum Gasteiger partial charge on any atom is 0.282 e. The van der Waals surface area contributed by atoms with Gasteiger partial charge in [-0.3, -0.25) is 4.79 Å². The van der Waals surface area contributed by atoms with Crippen LogP contribution in [-0.4, -0.2) is 29.1 Å². The summed E-state index contributed by atoms with van der Waals surface area (Å²) < 4.78 is 52.9. The van der Waals surface area contributed by atoms with E-state index in [4.69, 9.17) is 0 Å². The van der Waals surface area contributed by atoms with Crippen LogP contribution in [0.3, 0.4) is 0 Å². The van der Waals surface area contributed by atoms with Gasteiger partial charge in [0.2, 0.25) is 5.12 Å². The lowest BCUT2D eigenvalue weighted by Gasteiger charge is -2.22. The van der Waals surface area contributed by atoms with Gasteiger partial charge in [0.25, 0.3) is 5.92 Å². The van der Waals surface area contributed by atoms with E-state index < -0.39 is 24.7 Å². The van der Waals surface area contributed by atoms with Gasteiger partial charge in [0.15, 0.2) is 6.17 Å². The lowest BCUT2D eigenvalue weighted by atomic mass is 10.1. The van der Waals surface area contributed by atoms with Gasteiger partial charge < -0.3 is 0 Å². The molecule has 2 unspecified atom stereocenters. The average molecular weight is 308 g/mol. The summed E-state index contributed by atoms with van der Waals surface area (Å²) in [7, 11) is 0. The Kier molecular flexibility index (Phi) is 6.52. The smallest absolute Gasteiger partial charge is 0.282 e. The number of carbonyl (C=O) groups excluding carboxylic acids is 1. The number of hydrogen-bond acceptors (Lipinski definition) is 2. The zero-order valence-corrected chi connectivity index (χ0v) is 11.8. The van der Waals surface area contributed by atoms with Crippen LogP contribution in [0.1, 0.15) is 30.1 Å². The van der Waals surface area contributed by atoms with Gasteiger partial charge in [-0.25, -0.2) is 17.6 Å². The molecule has 1 aromatic carbocycles. The third kappa shape index (κ3) is 4.81. The minimum atomic E-state index is -3.75. The number of hydrogen-bond donors (Lipinski definition) is 0. The highest BCUT2D eigenvalue weighted by atomic mass is 32.2. The maximum absolute atomic E-state index is 13.4. The Bertz CT molecular complexity index is 424. The third-order valence-corrected chi connectivity index (χ3v) is 3.70. The Morgan fingerprint density at radius 2 is 1.85 bits per heavy atom. The number of benzene rings is 1. The minimum absolute atomic E-state index is 0.252. The van der Waals surface area contributed by atoms with E-state index >= 15 is 0 Å². The van der Waals surface area contributed by atoms with E-state index in [0.29, 0.717) is 17.3 Å². The summed E-state index contributed by atoms with van der Waals surface area (Å²) in [5.74, 6) is -4.00. The highest BCUT2D eigenvalue weighted by Gasteiger charge is 2.44. The summed E-state index contributed by atoms with van der Waals surface area (Å²) in [6.07, 6.45) is -6.16. The molecule has 0 aliphatic carbocycles. The molecular weight excluding hydrogens is 292 g/mol. The van der Waals surface area contributed by atoms with Gasteiger partial charge in [-0.1, -0.05) is 49.0 Å². The number of halogens is 4. The SMILES string of the molecule is CCC(F)C(F)C(F)(F)CCSC(=O)c1ccccc1. The van der Waals surface area contributed by atoms with E-state index in [9.17, 15) is 22.4 Å². The van der Waals surface area contributed by atoms with Gasteiger partial charge in [0.05, 0.1) is 0 Å². The molecule has 0 heterocycles. The first kappa shape index (κ1) is 17.0. The highest BCUT2D eigenvalue weighted by molar-refractivity contribution is 8.14. The van der Waals surface area contributed by atoms with Gasteiger partial charge in [-0.05, 0) is 6.42 Å². The molecular formula is C14H16F4OS. The number of thioether (sulfide) groups is 1. The number of alkyl halides is 4. The molecule has 112 valence electrons. The Morgan fingerprint density at radius 1 is 1.25 bits per heavy atom. The molecule has 0 aromatic heterocycles. The van der Waals surface area contributed by atoms with E-state index in [0.717, 1.165) is 0 Å². The highest BCUT2D eigenvalue weighted by Crippen LogP contribution is 2.32. The van der Waals surface area contributed by atoms with Crippen LogP contribution in [-0.2, 0) is 0 Å². The number of carbonyl (C=O) groups is 1. The standard InChI is InChI=1S/C14H16F4OS/c1-2-11(15)12(16)14(17,18)8-9-20-13(19)10-6-4-3-5-7-10/h3-7,11-12H,2,8-9H2,1H3. The van der Waals surface area contributed by atoms with Crippen molar-refractivity contribution >= 4 is 16.9 Å². The van der Waals surface area contributed by atoms with Gasteiger partial charge in [0.1, 0.15) is 6.17 Å². The normalized spacial score (nSPS) is 14.8. The van der Waals surface area contributed by atoms with E-state index in [1.54, 1.807) is 30.3 Å². The van der Waals surface area contributed by atoms with Crippen LogP contribution in [0.15, 0.2) is 30.3 Å². The molecule has 0 aliphatic rings. The van der Waals surface area contributed by atoms with Gasteiger partial charge in [0, 0.05) is 17.7 Å². The molecule has 1 aromatic rings. The van der Waals surface area contributed by atoms with Crippen LogP contribution >= 0.6 is 11.8 Å². The molecule has 1 nitrogen and oxygen atoms in total. The minimum Gasteiger partial charge on any atom is -0.282 e. The second-order valence-corrected chi connectivity index (χ2v) is 5.41. The Balaban J connectivity index is 2.45. The molecule has 0 radical (unpaired) electrons. The average Bonchev–Trinajstić information content (AvgIpc) is 2.46. The van der Waals surface area contributed by atoms with Gasteiger partial charge in [-0.2, -0.15) is 0 Å². The lowest BCUT2D eigenvalue weighted by molar-refractivity contribution is -0.101. The summed E-state index contributed by atoms with van der Waals surface area (Å²) in [5.41, 5.74) is 0.398. The summed E-state index contributed by atoms with van der Waals surface area (Å²) in [4.78, 5) is 11.6. The van der Waals surface area contributed by atoms with E-state index in [1.807, 2.05) is 0 Å². The molecule has 2 atom stereocenters. The van der Waals surface area contributed by atoms with E-state index in [2.05, 4.69) is 0 Å². The monoisotopic (exact) mass is 308 g/mol. The van der Waals surface area contributed by atoms with Crippen molar-refractivity contribution in [3.05, 3.63) is 35.9 Å². The Morgan fingerprint density at radius 3 is 2.40 bits per heavy atom. The fourth-order valence-electron chi connectivity index (χ4n) is 1.55. The van der Waals surface area contributed by atoms with E-state index in [1.165, 1.54) is 6.92 Å². The predicted molar refractivity (Wildman–Crippen MR) is 72.9 cm³/mol. The van der Waals surface area contributed by atoms with Crippen molar-refractivity contribution in [2.75, 3.05) is 5.75 Å². The van der Waals surface area contributed by atoms with Crippen molar-refractivity contribution < 1.29 is 22.4 Å². The molecule has 0 spiro atoms. The van der Waals surface area contributed by atoms with Crippen molar-refractivity contribution in [1.29, 1.82) is 0 Å². The molecule has 6 heteroatoms. The van der Waals surface area contributed by atoms with Gasteiger partial charge >= 0.3 is 0 Å². The fourth-order valence-corrected chi connectivity index (χ4v) is 2.41. The zero-order chi connectivity index (χ0) is 15.2. The first-order valence-corrected chi connectivity index (χ1v) is 7.25. The van der Waals surface area contributed by atoms with Crippen LogP contribution in [0.2, 0.25) is 0 Å². The summed E-state index contributed by atoms with van der Waals surface area (Å²) in [6, 6.07) is 8.19. The zero-order valence-electron chi connectivity index (χ0n) is 11.0. The van der Waals surface area contributed by atoms with Crippen molar-refractivity contribution in [1.82, 2.24) is 0 Å². The summed E-state index contributed by atoms with van der Waals surface area (Å²) in [5, 5.41) is -0.357. The predicted octanol–water partition coefficient (Wildman–Crippen LogP) is 4.67. The molecule has 0 amide bonds. The first-order chi connectivity index (χ1) is 9.38. The fraction of sp³-hybridized carbons (Fsp3) is 0.500. The second-order valence-electron chi connectivity index (χ2n) is 4.34.